The minimum absolute atomic E-state index is 0.533. The fourth-order valence-electron chi connectivity index (χ4n) is 3.92. The van der Waals surface area contributed by atoms with Gasteiger partial charge in [-0.25, -0.2) is 0 Å². The van der Waals surface area contributed by atoms with Gasteiger partial charge in [0.25, 0.3) is 0 Å². The van der Waals surface area contributed by atoms with Crippen LogP contribution in [0.5, 0.6) is 0 Å². The van der Waals surface area contributed by atoms with Gasteiger partial charge in [-0.3, -0.25) is 0 Å². The summed E-state index contributed by atoms with van der Waals surface area (Å²) in [6, 6.07) is 0. The molecule has 0 aromatic heterocycles. The lowest BCUT2D eigenvalue weighted by Crippen LogP contribution is -2.13. The van der Waals surface area contributed by atoms with Gasteiger partial charge in [0.2, 0.25) is 0 Å². The average molecular weight is 160 g/mol. The fourth-order valence-corrected chi connectivity index (χ4v) is 3.92. The quantitative estimate of drug-likeness (QED) is 0.477. The van der Waals surface area contributed by atoms with Crippen molar-refractivity contribution >= 4 is 0 Å². The van der Waals surface area contributed by atoms with E-state index in [4.69, 9.17) is 0 Å². The molecule has 1 saturated carbocycles. The Morgan fingerprint density at radius 3 is 3.08 bits per heavy atom. The third kappa shape index (κ3) is 0.460. The summed E-state index contributed by atoms with van der Waals surface area (Å²) in [5, 5.41) is 0. The highest BCUT2D eigenvalue weighted by atomic mass is 14.8. The van der Waals surface area contributed by atoms with Crippen LogP contribution in [-0.4, -0.2) is 0 Å². The second-order valence-electron chi connectivity index (χ2n) is 4.90. The molecule has 1 fully saturated rings. The van der Waals surface area contributed by atoms with Crippen molar-refractivity contribution in [2.75, 3.05) is 0 Å². The van der Waals surface area contributed by atoms with Crippen molar-refractivity contribution in [2.24, 2.45) is 16.7 Å². The molecule has 0 aromatic rings. The standard InChI is InChI=1S/C12H16/c1-9-5-6-10-11(2)7-3-4-8-12(9,10)11/h4-5,8,10H,3,6-7H2,1-2H3/t10-,11-,12-/m0/s1. The molecule has 3 aliphatic rings. The van der Waals surface area contributed by atoms with E-state index >= 15 is 0 Å². The molecule has 0 amide bonds. The fraction of sp³-hybridized carbons (Fsp3) is 0.667. The summed E-state index contributed by atoms with van der Waals surface area (Å²) in [4.78, 5) is 0. The van der Waals surface area contributed by atoms with Crippen molar-refractivity contribution in [3.05, 3.63) is 23.8 Å². The Morgan fingerprint density at radius 2 is 2.33 bits per heavy atom. The summed E-state index contributed by atoms with van der Waals surface area (Å²) < 4.78 is 0. The molecule has 12 heavy (non-hydrogen) atoms. The summed E-state index contributed by atoms with van der Waals surface area (Å²) in [7, 11) is 0. The maximum absolute atomic E-state index is 2.50. The van der Waals surface area contributed by atoms with E-state index in [2.05, 4.69) is 32.1 Å². The van der Waals surface area contributed by atoms with Crippen LogP contribution in [-0.2, 0) is 0 Å². The van der Waals surface area contributed by atoms with Gasteiger partial charge in [-0.2, -0.15) is 0 Å². The number of allylic oxidation sites excluding steroid dienone is 4. The molecule has 3 rings (SSSR count). The zero-order valence-electron chi connectivity index (χ0n) is 7.93. The Balaban J connectivity index is 2.14. The van der Waals surface area contributed by atoms with E-state index in [0.717, 1.165) is 5.92 Å². The Morgan fingerprint density at radius 1 is 1.50 bits per heavy atom. The van der Waals surface area contributed by atoms with E-state index in [9.17, 15) is 0 Å². The van der Waals surface area contributed by atoms with Gasteiger partial charge in [0.1, 0.15) is 0 Å². The van der Waals surface area contributed by atoms with E-state index in [-0.39, 0.29) is 0 Å². The largest absolute Gasteiger partial charge is 0.0876 e. The number of fused-ring (bicyclic) bond motifs is 1. The van der Waals surface area contributed by atoms with E-state index in [1.54, 1.807) is 5.57 Å². The van der Waals surface area contributed by atoms with Gasteiger partial charge in [-0.15, -0.1) is 0 Å². The third-order valence-corrected chi connectivity index (χ3v) is 4.70. The highest BCUT2D eigenvalue weighted by Gasteiger charge is 2.73. The molecule has 0 saturated heterocycles. The maximum atomic E-state index is 2.50. The van der Waals surface area contributed by atoms with E-state index in [1.165, 1.54) is 19.3 Å². The van der Waals surface area contributed by atoms with Crippen LogP contribution in [0.15, 0.2) is 23.8 Å². The van der Waals surface area contributed by atoms with E-state index in [1.807, 2.05) is 0 Å². The summed E-state index contributed by atoms with van der Waals surface area (Å²) in [5.41, 5.74) is 2.83. The summed E-state index contributed by atoms with van der Waals surface area (Å²) in [6.07, 6.45) is 11.4. The highest BCUT2D eigenvalue weighted by molar-refractivity contribution is 5.46. The van der Waals surface area contributed by atoms with Crippen LogP contribution in [0.2, 0.25) is 0 Å². The number of hydrogen-bond donors (Lipinski definition) is 0. The van der Waals surface area contributed by atoms with Crippen molar-refractivity contribution < 1.29 is 0 Å². The molecule has 1 spiro atoms. The lowest BCUT2D eigenvalue weighted by atomic mass is 9.81. The van der Waals surface area contributed by atoms with Gasteiger partial charge in [0.05, 0.1) is 0 Å². The Hall–Kier alpha value is -0.520. The monoisotopic (exact) mass is 160 g/mol. The van der Waals surface area contributed by atoms with Crippen molar-refractivity contribution in [1.82, 2.24) is 0 Å². The minimum atomic E-state index is 0.533. The molecular weight excluding hydrogens is 144 g/mol. The van der Waals surface area contributed by atoms with Crippen LogP contribution in [0.3, 0.4) is 0 Å². The first-order chi connectivity index (χ1) is 5.72. The van der Waals surface area contributed by atoms with Gasteiger partial charge in [-0.05, 0) is 37.5 Å². The van der Waals surface area contributed by atoms with Crippen LogP contribution in [0.1, 0.15) is 33.1 Å². The molecule has 3 aliphatic carbocycles. The molecular formula is C12H16. The molecule has 64 valence electrons. The van der Waals surface area contributed by atoms with Gasteiger partial charge in [0.15, 0.2) is 0 Å². The predicted octanol–water partition coefficient (Wildman–Crippen LogP) is 3.31. The van der Waals surface area contributed by atoms with Crippen molar-refractivity contribution in [2.45, 2.75) is 33.1 Å². The molecule has 0 aromatic carbocycles. The third-order valence-electron chi connectivity index (χ3n) is 4.70. The Kier molecular flexibility index (Phi) is 0.988. The van der Waals surface area contributed by atoms with Crippen LogP contribution in [0.4, 0.5) is 0 Å². The van der Waals surface area contributed by atoms with Gasteiger partial charge in [0, 0.05) is 5.41 Å². The first-order valence-corrected chi connectivity index (χ1v) is 5.07. The summed E-state index contributed by atoms with van der Waals surface area (Å²) in [6.45, 7) is 4.80. The molecule has 0 N–H and O–H groups in total. The average Bonchev–Trinajstić information content (AvgIpc) is 2.44. The number of rotatable bonds is 0. The molecule has 0 nitrogen and oxygen atoms in total. The lowest BCUT2D eigenvalue weighted by Gasteiger charge is -2.23. The first-order valence-electron chi connectivity index (χ1n) is 5.07. The zero-order valence-corrected chi connectivity index (χ0v) is 7.93. The van der Waals surface area contributed by atoms with Crippen molar-refractivity contribution in [1.29, 1.82) is 0 Å². The van der Waals surface area contributed by atoms with Crippen LogP contribution >= 0.6 is 0 Å². The molecule has 0 aliphatic heterocycles. The van der Waals surface area contributed by atoms with Gasteiger partial charge in [-0.1, -0.05) is 30.7 Å². The van der Waals surface area contributed by atoms with Crippen molar-refractivity contribution in [3.8, 4) is 0 Å². The van der Waals surface area contributed by atoms with E-state index in [0.29, 0.717) is 10.8 Å². The number of hydrogen-bond acceptors (Lipinski definition) is 0. The summed E-state index contributed by atoms with van der Waals surface area (Å²) in [5.74, 6) is 0.962. The Bertz CT molecular complexity index is 297. The van der Waals surface area contributed by atoms with Gasteiger partial charge >= 0.3 is 0 Å². The highest BCUT2D eigenvalue weighted by Crippen LogP contribution is 2.80. The first kappa shape index (κ1) is 6.94. The Labute approximate surface area is 74.4 Å². The molecule has 0 heterocycles. The normalized spacial score (nSPS) is 54.5. The smallest absolute Gasteiger partial charge is 0.0182 e. The predicted molar refractivity (Wildman–Crippen MR) is 50.8 cm³/mol. The lowest BCUT2D eigenvalue weighted by molar-refractivity contribution is 0.404. The van der Waals surface area contributed by atoms with Gasteiger partial charge < -0.3 is 0 Å². The minimum Gasteiger partial charge on any atom is -0.0876 e. The second-order valence-corrected chi connectivity index (χ2v) is 4.90. The molecule has 3 atom stereocenters. The van der Waals surface area contributed by atoms with Crippen molar-refractivity contribution in [3.63, 3.8) is 0 Å². The maximum Gasteiger partial charge on any atom is 0.0182 e. The van der Waals surface area contributed by atoms with Crippen LogP contribution in [0, 0.1) is 16.7 Å². The molecule has 0 radical (unpaired) electrons. The van der Waals surface area contributed by atoms with Crippen LogP contribution in [0.25, 0.3) is 0 Å². The summed E-state index contributed by atoms with van der Waals surface area (Å²) >= 11 is 0. The molecule has 0 bridgehead atoms. The molecule has 0 unspecified atom stereocenters. The SMILES string of the molecule is CC1=CC[C@H]2[C@]3(C)CCC=C[C@]123. The van der Waals surface area contributed by atoms with Crippen LogP contribution < -0.4 is 0 Å². The molecule has 0 heteroatoms. The van der Waals surface area contributed by atoms with E-state index < -0.39 is 0 Å². The second kappa shape index (κ2) is 1.71. The topological polar surface area (TPSA) is 0 Å². The zero-order chi connectivity index (χ0) is 8.40.